The molecule has 1 heterocycles. The summed E-state index contributed by atoms with van der Waals surface area (Å²) in [5.74, 6) is -1.86. The van der Waals surface area contributed by atoms with Crippen LogP contribution >= 0.6 is 0 Å². The van der Waals surface area contributed by atoms with Gasteiger partial charge in [0.25, 0.3) is 5.91 Å². The number of amides is 1. The van der Waals surface area contributed by atoms with E-state index in [1.807, 2.05) is 18.2 Å². The lowest BCUT2D eigenvalue weighted by atomic mass is 10.1. The molecule has 3 rings (SSSR count). The van der Waals surface area contributed by atoms with Gasteiger partial charge in [-0.05, 0) is 37.6 Å². The number of aryl methyl sites for hydroxylation is 1. The zero-order valence-electron chi connectivity index (χ0n) is 13.9. The summed E-state index contributed by atoms with van der Waals surface area (Å²) in [6.45, 7) is 3.47. The van der Waals surface area contributed by atoms with Crippen LogP contribution in [-0.4, -0.2) is 28.9 Å². The van der Waals surface area contributed by atoms with E-state index in [4.69, 9.17) is 0 Å². The molecule has 6 heteroatoms. The molecule has 0 fully saturated rings. The number of aromatic carboxylic acids is 1. The fourth-order valence-electron chi connectivity index (χ4n) is 2.70. The van der Waals surface area contributed by atoms with Gasteiger partial charge in [0.1, 0.15) is 5.92 Å². The number of aliphatic imine (C=N–C) groups is 1. The highest BCUT2D eigenvalue weighted by Gasteiger charge is 2.33. The van der Waals surface area contributed by atoms with E-state index in [0.29, 0.717) is 22.6 Å². The maximum absolute atomic E-state index is 12.6. The van der Waals surface area contributed by atoms with E-state index in [-0.39, 0.29) is 11.5 Å². The van der Waals surface area contributed by atoms with Gasteiger partial charge < -0.3 is 5.11 Å². The highest BCUT2D eigenvalue weighted by atomic mass is 16.4. The molecule has 0 aliphatic carbocycles. The van der Waals surface area contributed by atoms with Gasteiger partial charge in [0.15, 0.2) is 0 Å². The Morgan fingerprint density at radius 2 is 1.88 bits per heavy atom. The summed E-state index contributed by atoms with van der Waals surface area (Å²) < 4.78 is 0. The number of rotatable bonds is 4. The molecule has 0 radical (unpaired) electrons. The van der Waals surface area contributed by atoms with Crippen molar-refractivity contribution < 1.29 is 14.7 Å². The first kappa shape index (κ1) is 16.6. The second-order valence-corrected chi connectivity index (χ2v) is 5.76. The van der Waals surface area contributed by atoms with Crippen molar-refractivity contribution in [3.63, 3.8) is 0 Å². The van der Waals surface area contributed by atoms with E-state index in [2.05, 4.69) is 10.1 Å². The van der Waals surface area contributed by atoms with Crippen LogP contribution in [0.2, 0.25) is 0 Å². The van der Waals surface area contributed by atoms with Crippen LogP contribution in [0.5, 0.6) is 0 Å². The minimum absolute atomic E-state index is 0.138. The molecule has 25 heavy (non-hydrogen) atoms. The molecule has 126 valence electrons. The number of hydrazone groups is 1. The van der Waals surface area contributed by atoms with Gasteiger partial charge in [-0.1, -0.05) is 30.3 Å². The van der Waals surface area contributed by atoms with Crippen LogP contribution in [0.25, 0.3) is 0 Å². The molecule has 1 amide bonds. The Kier molecular flexibility index (Phi) is 4.43. The Balaban J connectivity index is 1.89. The van der Waals surface area contributed by atoms with Gasteiger partial charge in [0.05, 0.1) is 22.6 Å². The first-order valence-corrected chi connectivity index (χ1v) is 7.80. The smallest absolute Gasteiger partial charge is 0.338 e. The molecule has 1 aliphatic heterocycles. The normalized spacial score (nSPS) is 17.2. The number of carboxylic acids is 1. The topological polar surface area (TPSA) is 82.3 Å². The van der Waals surface area contributed by atoms with Crippen molar-refractivity contribution in [2.24, 2.45) is 16.0 Å². The van der Waals surface area contributed by atoms with E-state index in [1.54, 1.807) is 44.2 Å². The molecule has 0 spiro atoms. The summed E-state index contributed by atoms with van der Waals surface area (Å²) in [4.78, 5) is 28.3. The van der Waals surface area contributed by atoms with Crippen LogP contribution < -0.4 is 5.01 Å². The molecule has 0 bridgehead atoms. The molecular weight excluding hydrogens is 318 g/mol. The number of carboxylic acid groups (broad SMARTS) is 1. The van der Waals surface area contributed by atoms with E-state index >= 15 is 0 Å². The van der Waals surface area contributed by atoms with Crippen LogP contribution in [0.3, 0.4) is 0 Å². The molecule has 0 saturated carbocycles. The summed E-state index contributed by atoms with van der Waals surface area (Å²) >= 11 is 0. The van der Waals surface area contributed by atoms with Crippen molar-refractivity contribution in [1.82, 2.24) is 0 Å². The fraction of sp³-hybridized carbons (Fsp3) is 0.158. The molecule has 1 unspecified atom stereocenters. The molecule has 1 atom stereocenters. The standard InChI is InChI=1S/C19H17N3O3/c1-12-7-6-10-16(17(12)19(24)25)20-11-15-13(2)21-22(18(15)23)14-8-4-3-5-9-14/h3-11,15H,1-2H3,(H,24,25)/b20-11+. The second kappa shape index (κ2) is 6.68. The maximum atomic E-state index is 12.6. The van der Waals surface area contributed by atoms with Gasteiger partial charge in [-0.15, -0.1) is 0 Å². The van der Waals surface area contributed by atoms with Gasteiger partial charge in [0.2, 0.25) is 0 Å². The Labute approximate surface area is 145 Å². The number of hydrogen-bond donors (Lipinski definition) is 1. The largest absolute Gasteiger partial charge is 0.478 e. The van der Waals surface area contributed by atoms with Crippen LogP contribution in [0.1, 0.15) is 22.8 Å². The maximum Gasteiger partial charge on any atom is 0.338 e. The molecular formula is C19H17N3O3. The Bertz CT molecular complexity index is 888. The van der Waals surface area contributed by atoms with Crippen molar-refractivity contribution in [1.29, 1.82) is 0 Å². The van der Waals surface area contributed by atoms with Gasteiger partial charge in [-0.2, -0.15) is 10.1 Å². The van der Waals surface area contributed by atoms with Crippen LogP contribution in [0.15, 0.2) is 58.6 Å². The number of anilines is 1. The third-order valence-corrected chi connectivity index (χ3v) is 4.01. The monoisotopic (exact) mass is 335 g/mol. The number of nitrogens with zero attached hydrogens (tertiary/aromatic N) is 3. The Hall–Kier alpha value is -3.28. The zero-order valence-corrected chi connectivity index (χ0v) is 13.9. The van der Waals surface area contributed by atoms with Crippen molar-refractivity contribution >= 4 is 35.2 Å². The van der Waals surface area contributed by atoms with Gasteiger partial charge >= 0.3 is 5.97 Å². The number of hydrogen-bond acceptors (Lipinski definition) is 4. The number of benzene rings is 2. The van der Waals surface area contributed by atoms with Gasteiger partial charge in [0, 0.05) is 6.21 Å². The SMILES string of the molecule is CC1=NN(c2ccccc2)C(=O)C1/C=N/c1cccc(C)c1C(=O)O. The predicted octanol–water partition coefficient (Wildman–Crippen LogP) is 3.43. The fourth-order valence-corrected chi connectivity index (χ4v) is 2.70. The Morgan fingerprint density at radius 3 is 2.56 bits per heavy atom. The minimum atomic E-state index is -1.04. The summed E-state index contributed by atoms with van der Waals surface area (Å²) in [6.07, 6.45) is 1.46. The lowest BCUT2D eigenvalue weighted by Crippen LogP contribution is -2.27. The molecule has 0 saturated heterocycles. The van der Waals surface area contributed by atoms with Crippen LogP contribution in [-0.2, 0) is 4.79 Å². The first-order valence-electron chi connectivity index (χ1n) is 7.80. The van der Waals surface area contributed by atoms with E-state index < -0.39 is 11.9 Å². The summed E-state index contributed by atoms with van der Waals surface area (Å²) in [5.41, 5.74) is 2.38. The molecule has 1 N–H and O–H groups in total. The summed E-state index contributed by atoms with van der Waals surface area (Å²) in [6, 6.07) is 14.2. The molecule has 1 aliphatic rings. The Morgan fingerprint density at radius 1 is 1.16 bits per heavy atom. The second-order valence-electron chi connectivity index (χ2n) is 5.76. The average Bonchev–Trinajstić information content (AvgIpc) is 2.87. The first-order chi connectivity index (χ1) is 12.0. The van der Waals surface area contributed by atoms with Gasteiger partial charge in [-0.3, -0.25) is 9.79 Å². The van der Waals surface area contributed by atoms with Crippen molar-refractivity contribution in [2.45, 2.75) is 13.8 Å². The van der Waals surface area contributed by atoms with Crippen molar-refractivity contribution in [2.75, 3.05) is 5.01 Å². The molecule has 0 aromatic heterocycles. The van der Waals surface area contributed by atoms with Crippen LogP contribution in [0, 0.1) is 12.8 Å². The zero-order chi connectivity index (χ0) is 18.0. The van der Waals surface area contributed by atoms with E-state index in [9.17, 15) is 14.7 Å². The predicted molar refractivity (Wildman–Crippen MR) is 96.8 cm³/mol. The number of carbonyl (C=O) groups excluding carboxylic acids is 1. The molecule has 6 nitrogen and oxygen atoms in total. The average molecular weight is 335 g/mol. The molecule has 2 aromatic rings. The lowest BCUT2D eigenvalue weighted by molar-refractivity contribution is -0.118. The van der Waals surface area contributed by atoms with Crippen molar-refractivity contribution in [3.8, 4) is 0 Å². The van der Waals surface area contributed by atoms with Gasteiger partial charge in [-0.25, -0.2) is 4.79 Å². The third-order valence-electron chi connectivity index (χ3n) is 4.01. The third kappa shape index (κ3) is 3.19. The summed E-state index contributed by atoms with van der Waals surface area (Å²) in [7, 11) is 0. The number of para-hydroxylation sites is 1. The van der Waals surface area contributed by atoms with E-state index in [0.717, 1.165) is 0 Å². The highest BCUT2D eigenvalue weighted by Crippen LogP contribution is 2.25. The highest BCUT2D eigenvalue weighted by molar-refractivity contribution is 6.23. The number of carbonyl (C=O) groups is 2. The quantitative estimate of drug-likeness (QED) is 0.869. The molecule has 2 aromatic carbocycles. The van der Waals surface area contributed by atoms with E-state index in [1.165, 1.54) is 11.2 Å². The minimum Gasteiger partial charge on any atom is -0.478 e. The summed E-state index contributed by atoms with van der Waals surface area (Å²) in [5, 5.41) is 15.0. The van der Waals surface area contributed by atoms with Crippen molar-refractivity contribution in [3.05, 3.63) is 59.7 Å². The lowest BCUT2D eigenvalue weighted by Gasteiger charge is -2.12. The van der Waals surface area contributed by atoms with Crippen LogP contribution in [0.4, 0.5) is 11.4 Å².